The summed E-state index contributed by atoms with van der Waals surface area (Å²) in [6.07, 6.45) is 7.99. The number of hydrogen-bond acceptors (Lipinski definition) is 6. The maximum absolute atomic E-state index is 13.1. The number of amides is 1. The van der Waals surface area contributed by atoms with Crippen molar-refractivity contribution < 1.29 is 4.79 Å². The summed E-state index contributed by atoms with van der Waals surface area (Å²) in [4.78, 5) is 34.6. The molecule has 8 nitrogen and oxygen atoms in total. The lowest BCUT2D eigenvalue weighted by molar-refractivity contribution is -0.123. The first-order chi connectivity index (χ1) is 16.9. The molecular formula is C27H32N6O2. The molecule has 0 saturated heterocycles. The van der Waals surface area contributed by atoms with Gasteiger partial charge in [-0.2, -0.15) is 10.2 Å². The van der Waals surface area contributed by atoms with Gasteiger partial charge in [0, 0.05) is 24.3 Å². The molecule has 1 aliphatic rings. The number of fused-ring (bicyclic) bond motifs is 1. The Balaban J connectivity index is 1.65. The van der Waals surface area contributed by atoms with Gasteiger partial charge < -0.3 is 10.6 Å². The third kappa shape index (κ3) is 5.86. The number of carbonyl (C=O) groups is 1. The summed E-state index contributed by atoms with van der Waals surface area (Å²) in [5.74, 6) is 0.271. The van der Waals surface area contributed by atoms with E-state index in [2.05, 4.69) is 34.4 Å². The Morgan fingerprint density at radius 1 is 1.20 bits per heavy atom. The molecule has 2 N–H and O–H groups in total. The number of pyridine rings is 1. The van der Waals surface area contributed by atoms with Crippen LogP contribution in [0, 0.1) is 22.7 Å². The molecule has 4 rings (SSSR count). The molecule has 1 aliphatic carbocycles. The van der Waals surface area contributed by atoms with E-state index in [1.165, 1.54) is 0 Å². The third-order valence-corrected chi connectivity index (χ3v) is 7.03. The van der Waals surface area contributed by atoms with Gasteiger partial charge in [0.2, 0.25) is 5.91 Å². The third-order valence-electron chi connectivity index (χ3n) is 7.03. The normalized spacial score (nSPS) is 16.4. The van der Waals surface area contributed by atoms with E-state index < -0.39 is 6.04 Å². The van der Waals surface area contributed by atoms with Crippen LogP contribution in [0.25, 0.3) is 10.9 Å². The largest absolute Gasteiger partial charge is 0.357 e. The van der Waals surface area contributed by atoms with E-state index in [4.69, 9.17) is 5.26 Å². The second-order valence-corrected chi connectivity index (χ2v) is 10.0. The highest BCUT2D eigenvalue weighted by atomic mass is 16.2. The predicted octanol–water partition coefficient (Wildman–Crippen LogP) is 3.67. The van der Waals surface area contributed by atoms with Gasteiger partial charge in [-0.3, -0.25) is 14.3 Å². The number of aromatic nitrogens is 3. The summed E-state index contributed by atoms with van der Waals surface area (Å²) in [6, 6.07) is 12.9. The summed E-state index contributed by atoms with van der Waals surface area (Å²) < 4.78 is 1.68. The molecule has 35 heavy (non-hydrogen) atoms. The van der Waals surface area contributed by atoms with Crippen molar-refractivity contribution in [3.05, 3.63) is 64.8 Å². The molecular weight excluding hydrogens is 440 g/mol. The molecule has 2 heterocycles. The second kappa shape index (κ2) is 10.7. The molecule has 0 spiro atoms. The quantitative estimate of drug-likeness (QED) is 0.484. The zero-order chi connectivity index (χ0) is 24.8. The van der Waals surface area contributed by atoms with E-state index in [0.29, 0.717) is 18.8 Å². The van der Waals surface area contributed by atoms with Crippen LogP contribution in [0.3, 0.4) is 0 Å². The van der Waals surface area contributed by atoms with Crippen LogP contribution in [0.1, 0.15) is 45.1 Å². The zero-order valence-corrected chi connectivity index (χ0v) is 20.3. The molecule has 0 bridgehead atoms. The van der Waals surface area contributed by atoms with Crippen molar-refractivity contribution in [1.82, 2.24) is 19.9 Å². The van der Waals surface area contributed by atoms with E-state index >= 15 is 0 Å². The fourth-order valence-corrected chi connectivity index (χ4v) is 4.88. The van der Waals surface area contributed by atoms with Crippen LogP contribution in [-0.2, 0) is 17.8 Å². The minimum atomic E-state index is -0.567. The van der Waals surface area contributed by atoms with E-state index in [0.717, 1.165) is 42.1 Å². The monoisotopic (exact) mass is 472 g/mol. The Bertz CT molecular complexity index is 1270. The maximum Gasteiger partial charge on any atom is 0.350 e. The van der Waals surface area contributed by atoms with Crippen LogP contribution in [-0.4, -0.2) is 33.0 Å². The van der Waals surface area contributed by atoms with Gasteiger partial charge >= 0.3 is 5.69 Å². The number of para-hydroxylation sites is 1. The molecule has 1 saturated carbocycles. The summed E-state index contributed by atoms with van der Waals surface area (Å²) in [5.41, 5.74) is 1.75. The highest BCUT2D eigenvalue weighted by Gasteiger charge is 2.35. The van der Waals surface area contributed by atoms with Crippen molar-refractivity contribution in [2.24, 2.45) is 11.3 Å². The number of rotatable bonds is 8. The Kier molecular flexibility index (Phi) is 7.45. The number of anilines is 1. The van der Waals surface area contributed by atoms with Gasteiger partial charge in [0.15, 0.2) is 0 Å². The lowest BCUT2D eigenvalue weighted by Crippen LogP contribution is -2.46. The van der Waals surface area contributed by atoms with Gasteiger partial charge in [-0.1, -0.05) is 26.0 Å². The average Bonchev–Trinajstić information content (AvgIpc) is 2.86. The Morgan fingerprint density at radius 2 is 1.91 bits per heavy atom. The summed E-state index contributed by atoms with van der Waals surface area (Å²) in [6.45, 7) is 4.94. The summed E-state index contributed by atoms with van der Waals surface area (Å²) in [7, 11) is 0. The topological polar surface area (TPSA) is 113 Å². The van der Waals surface area contributed by atoms with Gasteiger partial charge in [-0.05, 0) is 73.3 Å². The molecule has 1 amide bonds. The van der Waals surface area contributed by atoms with Gasteiger partial charge in [0.1, 0.15) is 18.4 Å². The smallest absolute Gasteiger partial charge is 0.350 e. The SMILES string of the molecule is CC1(C)CCC(C(Nc2nc(=O)n(CCc3ccncc3)c3ccccc23)C(=O)NCC#N)CC1. The lowest BCUT2D eigenvalue weighted by Gasteiger charge is -2.37. The van der Waals surface area contributed by atoms with Crippen LogP contribution in [0.4, 0.5) is 5.82 Å². The summed E-state index contributed by atoms with van der Waals surface area (Å²) >= 11 is 0. The molecule has 0 aliphatic heterocycles. The number of nitrogens with zero attached hydrogens (tertiary/aromatic N) is 4. The van der Waals surface area contributed by atoms with Gasteiger partial charge in [0.25, 0.3) is 0 Å². The van der Waals surface area contributed by atoms with E-state index in [9.17, 15) is 9.59 Å². The molecule has 0 radical (unpaired) electrons. The Labute approximate surface area is 205 Å². The van der Waals surface area contributed by atoms with Crippen LogP contribution < -0.4 is 16.3 Å². The summed E-state index contributed by atoms with van der Waals surface area (Å²) in [5, 5.41) is 15.8. The second-order valence-electron chi connectivity index (χ2n) is 10.0. The van der Waals surface area contributed by atoms with Crippen LogP contribution >= 0.6 is 0 Å². The highest BCUT2D eigenvalue weighted by Crippen LogP contribution is 2.40. The number of hydrogen-bond donors (Lipinski definition) is 2. The molecule has 2 aromatic heterocycles. The number of nitriles is 1. The number of benzene rings is 1. The van der Waals surface area contributed by atoms with Crippen molar-refractivity contribution in [1.29, 1.82) is 5.26 Å². The van der Waals surface area contributed by atoms with Crippen molar-refractivity contribution in [2.75, 3.05) is 11.9 Å². The van der Waals surface area contributed by atoms with E-state index in [1.54, 1.807) is 17.0 Å². The maximum atomic E-state index is 13.1. The molecule has 3 aromatic rings. The van der Waals surface area contributed by atoms with Crippen LogP contribution in [0.2, 0.25) is 0 Å². The minimum absolute atomic E-state index is 0.0556. The first-order valence-electron chi connectivity index (χ1n) is 12.2. The predicted molar refractivity (Wildman–Crippen MR) is 136 cm³/mol. The van der Waals surface area contributed by atoms with Crippen LogP contribution in [0.5, 0.6) is 0 Å². The van der Waals surface area contributed by atoms with Gasteiger partial charge in [-0.15, -0.1) is 0 Å². The molecule has 1 unspecified atom stereocenters. The Morgan fingerprint density at radius 3 is 2.63 bits per heavy atom. The average molecular weight is 473 g/mol. The first-order valence-corrected chi connectivity index (χ1v) is 12.2. The van der Waals surface area contributed by atoms with Crippen molar-refractivity contribution in [3.8, 4) is 6.07 Å². The minimum Gasteiger partial charge on any atom is -0.357 e. The van der Waals surface area contributed by atoms with Gasteiger partial charge in [-0.25, -0.2) is 4.79 Å². The zero-order valence-electron chi connectivity index (χ0n) is 20.3. The number of aryl methyl sites for hydroxylation is 2. The molecule has 1 atom stereocenters. The highest BCUT2D eigenvalue weighted by molar-refractivity contribution is 5.92. The van der Waals surface area contributed by atoms with E-state index in [-0.39, 0.29) is 29.5 Å². The van der Waals surface area contributed by atoms with Gasteiger partial charge in [0.05, 0.1) is 11.6 Å². The fourth-order valence-electron chi connectivity index (χ4n) is 4.88. The molecule has 1 fully saturated rings. The Hall–Kier alpha value is -3.73. The number of nitrogens with one attached hydrogen (secondary N) is 2. The van der Waals surface area contributed by atoms with Crippen molar-refractivity contribution in [2.45, 2.75) is 58.5 Å². The van der Waals surface area contributed by atoms with E-state index in [1.807, 2.05) is 42.5 Å². The molecule has 8 heteroatoms. The first kappa shape index (κ1) is 24.4. The van der Waals surface area contributed by atoms with Crippen molar-refractivity contribution in [3.63, 3.8) is 0 Å². The van der Waals surface area contributed by atoms with Crippen LogP contribution in [0.15, 0.2) is 53.6 Å². The number of carbonyl (C=O) groups excluding carboxylic acids is 1. The fraction of sp³-hybridized carbons (Fsp3) is 0.444. The van der Waals surface area contributed by atoms with Crippen molar-refractivity contribution >= 4 is 22.6 Å². The molecule has 1 aromatic carbocycles. The standard InChI is InChI=1S/C27H32N6O2/c1-27(2)12-7-20(8-13-27)23(25(34)30-17-14-28)31-24-21-5-3-4-6-22(21)33(26(35)32-24)18-11-19-9-15-29-16-10-19/h3-6,9-10,15-16,20,23H,7-8,11-13,17-18H2,1-2H3,(H,30,34)(H,31,32,35). The molecule has 182 valence electrons. The lowest BCUT2D eigenvalue weighted by atomic mass is 9.71.